The van der Waals surface area contributed by atoms with Gasteiger partial charge < -0.3 is 0 Å². The van der Waals surface area contributed by atoms with E-state index in [1.165, 1.54) is 0 Å². The summed E-state index contributed by atoms with van der Waals surface area (Å²) >= 11 is 0. The summed E-state index contributed by atoms with van der Waals surface area (Å²) < 4.78 is 0. The van der Waals surface area contributed by atoms with Crippen molar-refractivity contribution in [3.63, 3.8) is 0 Å². The maximum absolute atomic E-state index is 11.1. The molecule has 6 N–H and O–H groups in total. The van der Waals surface area contributed by atoms with E-state index < -0.39 is 17.7 Å². The molecule has 0 bridgehead atoms. The number of carbonyl (C=O) groups excluding carboxylic acids is 2. The lowest BCUT2D eigenvalue weighted by Crippen LogP contribution is -2.45. The van der Waals surface area contributed by atoms with Crippen LogP contribution in [-0.4, -0.2) is 11.8 Å². The van der Waals surface area contributed by atoms with Gasteiger partial charge in [-0.15, -0.1) is 0 Å². The lowest BCUT2D eigenvalue weighted by atomic mass is 10.0. The van der Waals surface area contributed by atoms with Crippen LogP contribution >= 0.6 is 0 Å². The molecule has 0 aromatic rings. The second-order valence-corrected chi connectivity index (χ2v) is 2.71. The van der Waals surface area contributed by atoms with E-state index in [9.17, 15) is 9.59 Å². The van der Waals surface area contributed by atoms with Gasteiger partial charge in [-0.1, -0.05) is 19.8 Å². The lowest BCUT2D eigenvalue weighted by molar-refractivity contribution is -0.135. The van der Waals surface area contributed by atoms with E-state index in [1.54, 1.807) is 0 Å². The molecule has 0 heterocycles. The highest BCUT2D eigenvalue weighted by Gasteiger charge is 2.24. The SMILES string of the molecule is CCCCC(C(=O)NN)C(=O)NN. The quantitative estimate of drug-likeness (QED) is 0.187. The number of hydrogen-bond donors (Lipinski definition) is 4. The number of amides is 2. The van der Waals surface area contributed by atoms with Gasteiger partial charge in [0.2, 0.25) is 11.8 Å². The van der Waals surface area contributed by atoms with Crippen LogP contribution < -0.4 is 22.5 Å². The van der Waals surface area contributed by atoms with Crippen molar-refractivity contribution in [3.8, 4) is 0 Å². The standard InChI is InChI=1S/C7H16N4O2/c1-2-3-4-5(6(12)10-8)7(13)11-9/h5H,2-4,8-9H2,1H3,(H,10,12)(H,11,13). The molecule has 2 amide bonds. The van der Waals surface area contributed by atoms with E-state index >= 15 is 0 Å². The third kappa shape index (κ3) is 3.86. The Morgan fingerprint density at radius 2 is 1.69 bits per heavy atom. The first-order valence-corrected chi connectivity index (χ1v) is 4.18. The predicted octanol–water partition coefficient (Wildman–Crippen LogP) is -1.23. The largest absolute Gasteiger partial charge is 0.294 e. The molecule has 0 fully saturated rings. The predicted molar refractivity (Wildman–Crippen MR) is 47.7 cm³/mol. The van der Waals surface area contributed by atoms with Gasteiger partial charge in [-0.05, 0) is 6.42 Å². The first kappa shape index (κ1) is 11.9. The topological polar surface area (TPSA) is 110 Å². The zero-order chi connectivity index (χ0) is 10.3. The zero-order valence-corrected chi connectivity index (χ0v) is 7.67. The highest BCUT2D eigenvalue weighted by molar-refractivity contribution is 5.99. The smallest absolute Gasteiger partial charge is 0.246 e. The summed E-state index contributed by atoms with van der Waals surface area (Å²) in [5.41, 5.74) is 3.87. The van der Waals surface area contributed by atoms with Crippen molar-refractivity contribution in [1.82, 2.24) is 10.9 Å². The van der Waals surface area contributed by atoms with E-state index in [1.807, 2.05) is 17.8 Å². The molecule has 0 aliphatic heterocycles. The summed E-state index contributed by atoms with van der Waals surface area (Å²) in [4.78, 5) is 22.1. The number of carbonyl (C=O) groups is 2. The van der Waals surface area contributed by atoms with E-state index in [-0.39, 0.29) is 0 Å². The number of hydrazine groups is 2. The molecule has 0 aromatic heterocycles. The van der Waals surface area contributed by atoms with Gasteiger partial charge in [0, 0.05) is 0 Å². The van der Waals surface area contributed by atoms with Crippen LogP contribution in [0, 0.1) is 5.92 Å². The highest BCUT2D eigenvalue weighted by atomic mass is 16.2. The Balaban J connectivity index is 4.18. The van der Waals surface area contributed by atoms with Crippen LogP contribution in [0.2, 0.25) is 0 Å². The Kier molecular flexibility index (Phi) is 5.82. The van der Waals surface area contributed by atoms with Crippen LogP contribution in [0.25, 0.3) is 0 Å². The van der Waals surface area contributed by atoms with Gasteiger partial charge in [-0.25, -0.2) is 11.7 Å². The fourth-order valence-corrected chi connectivity index (χ4v) is 0.991. The van der Waals surface area contributed by atoms with Crippen LogP contribution in [0.1, 0.15) is 26.2 Å². The van der Waals surface area contributed by atoms with Crippen molar-refractivity contribution in [1.29, 1.82) is 0 Å². The van der Waals surface area contributed by atoms with Crippen LogP contribution in [0.5, 0.6) is 0 Å². The zero-order valence-electron chi connectivity index (χ0n) is 7.67. The van der Waals surface area contributed by atoms with Gasteiger partial charge in [-0.2, -0.15) is 0 Å². The summed E-state index contributed by atoms with van der Waals surface area (Å²) in [6.45, 7) is 1.97. The molecule has 0 radical (unpaired) electrons. The Morgan fingerprint density at radius 1 is 1.23 bits per heavy atom. The van der Waals surface area contributed by atoms with Crippen molar-refractivity contribution in [2.75, 3.05) is 0 Å². The number of nitrogens with two attached hydrogens (primary N) is 2. The molecule has 76 valence electrons. The van der Waals surface area contributed by atoms with E-state index in [0.717, 1.165) is 12.8 Å². The minimum absolute atomic E-state index is 0.461. The monoisotopic (exact) mass is 188 g/mol. The average Bonchev–Trinajstić information content (AvgIpc) is 2.17. The number of nitrogens with one attached hydrogen (secondary N) is 2. The summed E-state index contributed by atoms with van der Waals surface area (Å²) in [5.74, 6) is 8.04. The molecule has 0 aromatic carbocycles. The highest BCUT2D eigenvalue weighted by Crippen LogP contribution is 2.08. The van der Waals surface area contributed by atoms with Crippen molar-refractivity contribution in [3.05, 3.63) is 0 Å². The Bertz CT molecular complexity index is 167. The summed E-state index contributed by atoms with van der Waals surface area (Å²) in [7, 11) is 0. The molecular formula is C7H16N4O2. The minimum Gasteiger partial charge on any atom is -0.294 e. The molecule has 0 saturated heterocycles. The van der Waals surface area contributed by atoms with Crippen molar-refractivity contribution in [2.45, 2.75) is 26.2 Å². The molecule has 6 nitrogen and oxygen atoms in total. The number of rotatable bonds is 5. The number of hydrogen-bond acceptors (Lipinski definition) is 4. The van der Waals surface area contributed by atoms with Crippen LogP contribution in [-0.2, 0) is 9.59 Å². The molecule has 0 aliphatic carbocycles. The first-order valence-electron chi connectivity index (χ1n) is 4.18. The van der Waals surface area contributed by atoms with Gasteiger partial charge in [0.1, 0.15) is 5.92 Å². The van der Waals surface area contributed by atoms with Gasteiger partial charge in [0.25, 0.3) is 0 Å². The van der Waals surface area contributed by atoms with Crippen molar-refractivity contribution >= 4 is 11.8 Å². The molecule has 0 unspecified atom stereocenters. The fraction of sp³-hybridized carbons (Fsp3) is 0.714. The maximum atomic E-state index is 11.1. The van der Waals surface area contributed by atoms with Crippen LogP contribution in [0.15, 0.2) is 0 Å². The molecule has 0 rings (SSSR count). The Hall–Kier alpha value is -1.14. The van der Waals surface area contributed by atoms with Crippen LogP contribution in [0.3, 0.4) is 0 Å². The van der Waals surface area contributed by atoms with Crippen LogP contribution in [0.4, 0.5) is 0 Å². The van der Waals surface area contributed by atoms with E-state index in [0.29, 0.717) is 6.42 Å². The molecule has 0 atom stereocenters. The third-order valence-corrected chi connectivity index (χ3v) is 1.76. The van der Waals surface area contributed by atoms with Gasteiger partial charge in [0.15, 0.2) is 0 Å². The molecule has 13 heavy (non-hydrogen) atoms. The third-order valence-electron chi connectivity index (χ3n) is 1.76. The van der Waals surface area contributed by atoms with Gasteiger partial charge >= 0.3 is 0 Å². The van der Waals surface area contributed by atoms with Gasteiger partial charge in [-0.3, -0.25) is 20.4 Å². The van der Waals surface area contributed by atoms with Crippen molar-refractivity contribution < 1.29 is 9.59 Å². The first-order chi connectivity index (χ1) is 6.17. The Morgan fingerprint density at radius 3 is 2.00 bits per heavy atom. The molecular weight excluding hydrogens is 172 g/mol. The molecule has 6 heteroatoms. The van der Waals surface area contributed by atoms with Crippen molar-refractivity contribution in [2.24, 2.45) is 17.6 Å². The number of unbranched alkanes of at least 4 members (excludes halogenated alkanes) is 1. The Labute approximate surface area is 77.0 Å². The minimum atomic E-state index is -0.782. The summed E-state index contributed by atoms with van der Waals surface area (Å²) in [5, 5.41) is 0. The van der Waals surface area contributed by atoms with E-state index in [4.69, 9.17) is 11.7 Å². The summed E-state index contributed by atoms with van der Waals surface area (Å²) in [6, 6.07) is 0. The summed E-state index contributed by atoms with van der Waals surface area (Å²) in [6.07, 6.45) is 2.15. The average molecular weight is 188 g/mol. The second kappa shape index (κ2) is 6.38. The fourth-order valence-electron chi connectivity index (χ4n) is 0.991. The second-order valence-electron chi connectivity index (χ2n) is 2.71. The normalized spacial score (nSPS) is 9.85. The molecule has 0 saturated carbocycles. The molecule has 0 aliphatic rings. The van der Waals surface area contributed by atoms with E-state index in [2.05, 4.69) is 0 Å². The molecule has 0 spiro atoms. The maximum Gasteiger partial charge on any atom is 0.246 e. The van der Waals surface area contributed by atoms with Gasteiger partial charge in [0.05, 0.1) is 0 Å². The lowest BCUT2D eigenvalue weighted by Gasteiger charge is -2.12.